The number of carbonyl (C=O) groups excluding carboxylic acids is 2. The summed E-state index contributed by atoms with van der Waals surface area (Å²) in [6.07, 6.45) is 2.50. The molecule has 1 N–H and O–H groups in total. The molecule has 0 aromatic heterocycles. The molecule has 1 aliphatic carbocycles. The molecule has 2 fully saturated rings. The van der Waals surface area contributed by atoms with Gasteiger partial charge < -0.3 is 10.0 Å². The van der Waals surface area contributed by atoms with Gasteiger partial charge in [0, 0.05) is 31.5 Å². The molecule has 106 valence electrons. The fourth-order valence-corrected chi connectivity index (χ4v) is 3.11. The van der Waals surface area contributed by atoms with Gasteiger partial charge in [0.15, 0.2) is 0 Å². The van der Waals surface area contributed by atoms with Gasteiger partial charge in [-0.25, -0.2) is 0 Å². The van der Waals surface area contributed by atoms with Gasteiger partial charge in [0.2, 0.25) is 0 Å². The molecule has 1 aromatic rings. The fourth-order valence-electron chi connectivity index (χ4n) is 3.11. The van der Waals surface area contributed by atoms with Gasteiger partial charge in [-0.1, -0.05) is 12.1 Å². The molecule has 1 amide bonds. The highest BCUT2D eigenvalue weighted by atomic mass is 16.3. The lowest BCUT2D eigenvalue weighted by Gasteiger charge is -2.16. The predicted molar refractivity (Wildman–Crippen MR) is 74.6 cm³/mol. The first kappa shape index (κ1) is 13.3. The third kappa shape index (κ3) is 2.61. The van der Waals surface area contributed by atoms with Crippen LogP contribution in [0.15, 0.2) is 24.3 Å². The molecular formula is C16H19NO3. The molecule has 1 heterocycles. The second kappa shape index (κ2) is 5.37. The molecule has 2 unspecified atom stereocenters. The minimum atomic E-state index is -0.386. The Morgan fingerprint density at radius 1 is 1.20 bits per heavy atom. The number of likely N-dealkylation sites (tertiary alicyclic amines) is 1. The Labute approximate surface area is 118 Å². The second-order valence-electron chi connectivity index (χ2n) is 5.79. The minimum Gasteiger partial charge on any atom is -0.391 e. The van der Waals surface area contributed by atoms with Crippen molar-refractivity contribution in [2.75, 3.05) is 13.1 Å². The van der Waals surface area contributed by atoms with Gasteiger partial charge in [-0.05, 0) is 36.5 Å². The maximum absolute atomic E-state index is 12.2. The van der Waals surface area contributed by atoms with E-state index in [1.54, 1.807) is 4.90 Å². The number of aliphatic hydroxyl groups excluding tert-OH is 1. The van der Waals surface area contributed by atoms with Crippen LogP contribution in [0.25, 0.3) is 0 Å². The SMILES string of the molecule is O=C1CCC(c2ccc(C(=O)N3CCC(O)C3)cc2)C1. The average Bonchev–Trinajstić information content (AvgIpc) is 3.07. The van der Waals surface area contributed by atoms with E-state index in [0.717, 1.165) is 12.0 Å². The number of rotatable bonds is 2. The summed E-state index contributed by atoms with van der Waals surface area (Å²) >= 11 is 0. The lowest BCUT2D eigenvalue weighted by atomic mass is 9.96. The van der Waals surface area contributed by atoms with Crippen LogP contribution in [0.1, 0.15) is 47.5 Å². The van der Waals surface area contributed by atoms with E-state index in [1.807, 2.05) is 24.3 Å². The number of carbonyl (C=O) groups is 2. The molecule has 20 heavy (non-hydrogen) atoms. The van der Waals surface area contributed by atoms with E-state index in [0.29, 0.717) is 49.6 Å². The molecule has 1 saturated heterocycles. The highest BCUT2D eigenvalue weighted by Crippen LogP contribution is 2.32. The summed E-state index contributed by atoms with van der Waals surface area (Å²) in [5.41, 5.74) is 1.81. The summed E-state index contributed by atoms with van der Waals surface area (Å²) in [6, 6.07) is 7.60. The monoisotopic (exact) mass is 273 g/mol. The number of Topliss-reactive ketones (excluding diaryl/α,β-unsaturated/α-hetero) is 1. The zero-order valence-electron chi connectivity index (χ0n) is 11.4. The van der Waals surface area contributed by atoms with Gasteiger partial charge in [-0.2, -0.15) is 0 Å². The number of nitrogens with zero attached hydrogens (tertiary/aromatic N) is 1. The van der Waals surface area contributed by atoms with Gasteiger partial charge in [0.05, 0.1) is 6.10 Å². The highest BCUT2D eigenvalue weighted by Gasteiger charge is 2.26. The van der Waals surface area contributed by atoms with Crippen molar-refractivity contribution in [3.8, 4) is 0 Å². The molecule has 2 atom stereocenters. The molecule has 1 aromatic carbocycles. The topological polar surface area (TPSA) is 57.6 Å². The second-order valence-corrected chi connectivity index (χ2v) is 5.79. The van der Waals surface area contributed by atoms with E-state index in [-0.39, 0.29) is 12.0 Å². The number of benzene rings is 1. The van der Waals surface area contributed by atoms with Crippen molar-refractivity contribution in [1.29, 1.82) is 0 Å². The van der Waals surface area contributed by atoms with Crippen molar-refractivity contribution in [2.45, 2.75) is 37.7 Å². The zero-order chi connectivity index (χ0) is 14.1. The van der Waals surface area contributed by atoms with Crippen LogP contribution in [-0.2, 0) is 4.79 Å². The standard InChI is InChI=1S/C16H19NO3/c18-14-6-5-13(9-14)11-1-3-12(4-2-11)16(20)17-8-7-15(19)10-17/h1-4,13,15,19H,5-10H2. The van der Waals surface area contributed by atoms with Crippen molar-refractivity contribution >= 4 is 11.7 Å². The fraction of sp³-hybridized carbons (Fsp3) is 0.500. The number of β-amino-alcohol motifs (C(OH)–C–C–N with tert-alkyl or cyclic N) is 1. The normalized spacial score (nSPS) is 26.2. The van der Waals surface area contributed by atoms with E-state index >= 15 is 0 Å². The summed E-state index contributed by atoms with van der Waals surface area (Å²) in [7, 11) is 0. The van der Waals surface area contributed by atoms with Crippen LogP contribution in [0, 0.1) is 0 Å². The Morgan fingerprint density at radius 3 is 2.50 bits per heavy atom. The molecule has 1 saturated carbocycles. The summed E-state index contributed by atoms with van der Waals surface area (Å²) in [5.74, 6) is 0.636. The lowest BCUT2D eigenvalue weighted by molar-refractivity contribution is -0.117. The Kier molecular flexibility index (Phi) is 3.57. The largest absolute Gasteiger partial charge is 0.391 e. The van der Waals surface area contributed by atoms with Crippen molar-refractivity contribution in [2.24, 2.45) is 0 Å². The maximum Gasteiger partial charge on any atom is 0.253 e. The third-order valence-corrected chi connectivity index (χ3v) is 4.33. The Hall–Kier alpha value is -1.68. The molecule has 3 rings (SSSR count). The molecule has 4 nitrogen and oxygen atoms in total. The minimum absolute atomic E-state index is 0.0180. The summed E-state index contributed by atoms with van der Waals surface area (Å²) in [5, 5.41) is 9.48. The van der Waals surface area contributed by atoms with E-state index in [2.05, 4.69) is 0 Å². The number of amides is 1. The molecule has 0 bridgehead atoms. The van der Waals surface area contributed by atoms with Crippen molar-refractivity contribution in [3.05, 3.63) is 35.4 Å². The Balaban J connectivity index is 1.69. The molecule has 2 aliphatic rings. The first-order chi connectivity index (χ1) is 9.63. The maximum atomic E-state index is 12.2. The smallest absolute Gasteiger partial charge is 0.253 e. The lowest BCUT2D eigenvalue weighted by Crippen LogP contribution is -2.29. The van der Waals surface area contributed by atoms with E-state index in [4.69, 9.17) is 0 Å². The first-order valence-electron chi connectivity index (χ1n) is 7.22. The molecular weight excluding hydrogens is 254 g/mol. The van der Waals surface area contributed by atoms with Gasteiger partial charge in [0.1, 0.15) is 5.78 Å². The van der Waals surface area contributed by atoms with Crippen LogP contribution in [0.5, 0.6) is 0 Å². The molecule has 1 aliphatic heterocycles. The van der Waals surface area contributed by atoms with Crippen molar-refractivity contribution in [3.63, 3.8) is 0 Å². The van der Waals surface area contributed by atoms with Gasteiger partial charge in [-0.15, -0.1) is 0 Å². The van der Waals surface area contributed by atoms with E-state index in [9.17, 15) is 14.7 Å². The predicted octanol–water partition coefficient (Wildman–Crippen LogP) is 1.73. The van der Waals surface area contributed by atoms with Crippen LogP contribution < -0.4 is 0 Å². The summed E-state index contributed by atoms with van der Waals surface area (Å²) in [6.45, 7) is 1.05. The highest BCUT2D eigenvalue weighted by molar-refractivity contribution is 5.94. The van der Waals surface area contributed by atoms with Crippen LogP contribution in [0.2, 0.25) is 0 Å². The van der Waals surface area contributed by atoms with Gasteiger partial charge in [-0.3, -0.25) is 9.59 Å². The Bertz CT molecular complexity index is 523. The number of ketones is 1. The molecule has 0 radical (unpaired) electrons. The third-order valence-electron chi connectivity index (χ3n) is 4.33. The van der Waals surface area contributed by atoms with Crippen LogP contribution >= 0.6 is 0 Å². The summed E-state index contributed by atoms with van der Waals surface area (Å²) < 4.78 is 0. The van der Waals surface area contributed by atoms with Crippen molar-refractivity contribution < 1.29 is 14.7 Å². The van der Waals surface area contributed by atoms with Crippen LogP contribution in [-0.4, -0.2) is 40.9 Å². The number of aliphatic hydroxyl groups is 1. The van der Waals surface area contributed by atoms with Gasteiger partial charge >= 0.3 is 0 Å². The van der Waals surface area contributed by atoms with Crippen LogP contribution in [0.4, 0.5) is 0 Å². The van der Waals surface area contributed by atoms with E-state index in [1.165, 1.54) is 0 Å². The zero-order valence-corrected chi connectivity index (χ0v) is 11.4. The number of hydrogen-bond acceptors (Lipinski definition) is 3. The van der Waals surface area contributed by atoms with E-state index < -0.39 is 0 Å². The average molecular weight is 273 g/mol. The van der Waals surface area contributed by atoms with Gasteiger partial charge in [0.25, 0.3) is 5.91 Å². The Morgan fingerprint density at radius 2 is 1.95 bits per heavy atom. The summed E-state index contributed by atoms with van der Waals surface area (Å²) in [4.78, 5) is 25.3. The number of hydrogen-bond donors (Lipinski definition) is 1. The first-order valence-corrected chi connectivity index (χ1v) is 7.22. The quantitative estimate of drug-likeness (QED) is 0.892. The molecule has 0 spiro atoms. The molecule has 4 heteroatoms. The van der Waals surface area contributed by atoms with Crippen LogP contribution in [0.3, 0.4) is 0 Å². The van der Waals surface area contributed by atoms with Crippen molar-refractivity contribution in [1.82, 2.24) is 4.90 Å².